The lowest BCUT2D eigenvalue weighted by molar-refractivity contribution is -0.144. The van der Waals surface area contributed by atoms with Gasteiger partial charge in [0.05, 0.1) is 12.3 Å². The minimum absolute atomic E-state index is 0.00529. The second-order valence-corrected chi connectivity index (χ2v) is 5.43. The Hall–Kier alpha value is -2.96. The van der Waals surface area contributed by atoms with Gasteiger partial charge >= 0.3 is 5.97 Å². The number of hydrogen-bond acceptors (Lipinski definition) is 6. The first-order valence-corrected chi connectivity index (χ1v) is 7.68. The Morgan fingerprint density at radius 2 is 2.12 bits per heavy atom. The number of ether oxygens (including phenoxy) is 1. The van der Waals surface area contributed by atoms with Crippen molar-refractivity contribution in [2.45, 2.75) is 27.3 Å². The van der Waals surface area contributed by atoms with Crippen LogP contribution in [-0.4, -0.2) is 32.5 Å². The number of aromatic nitrogens is 4. The number of benzene rings is 1. The standard InChI is InChI=1S/C17H18N4O3/c1-4-23-15(22)10-21-14(9-12(3)19-21)16-18-17(24-20-16)13-7-5-6-11(2)8-13/h5-9H,4,10H2,1-3H3. The van der Waals surface area contributed by atoms with Gasteiger partial charge in [-0.15, -0.1) is 0 Å². The molecule has 0 unspecified atom stereocenters. The summed E-state index contributed by atoms with van der Waals surface area (Å²) in [6.07, 6.45) is 0. The summed E-state index contributed by atoms with van der Waals surface area (Å²) in [5.41, 5.74) is 3.33. The molecule has 0 atom stereocenters. The van der Waals surface area contributed by atoms with Crippen LogP contribution >= 0.6 is 0 Å². The largest absolute Gasteiger partial charge is 0.465 e. The molecule has 2 aromatic heterocycles. The van der Waals surface area contributed by atoms with E-state index in [1.807, 2.05) is 44.2 Å². The molecular weight excluding hydrogens is 308 g/mol. The van der Waals surface area contributed by atoms with Crippen LogP contribution in [0.1, 0.15) is 18.2 Å². The van der Waals surface area contributed by atoms with E-state index in [9.17, 15) is 4.79 Å². The van der Waals surface area contributed by atoms with Gasteiger partial charge < -0.3 is 9.26 Å². The number of carbonyl (C=O) groups excluding carboxylic acids is 1. The van der Waals surface area contributed by atoms with Crippen LogP contribution in [0.15, 0.2) is 34.9 Å². The Morgan fingerprint density at radius 3 is 2.88 bits per heavy atom. The maximum atomic E-state index is 11.7. The predicted octanol–water partition coefficient (Wildman–Crippen LogP) is 2.78. The van der Waals surface area contributed by atoms with Crippen LogP contribution in [0.3, 0.4) is 0 Å². The monoisotopic (exact) mass is 326 g/mol. The van der Waals surface area contributed by atoms with E-state index in [4.69, 9.17) is 9.26 Å². The molecule has 0 aliphatic heterocycles. The van der Waals surface area contributed by atoms with Crippen LogP contribution in [0.4, 0.5) is 0 Å². The molecule has 0 radical (unpaired) electrons. The minimum atomic E-state index is -0.357. The molecule has 7 nitrogen and oxygen atoms in total. The molecule has 0 spiro atoms. The average molecular weight is 326 g/mol. The molecule has 1 aromatic carbocycles. The van der Waals surface area contributed by atoms with Crippen molar-refractivity contribution in [3.8, 4) is 23.0 Å². The second kappa shape index (κ2) is 6.66. The SMILES string of the molecule is CCOC(=O)Cn1nc(C)cc1-c1noc(-c2cccc(C)c2)n1. The molecule has 0 amide bonds. The normalized spacial score (nSPS) is 10.8. The summed E-state index contributed by atoms with van der Waals surface area (Å²) in [6, 6.07) is 9.62. The van der Waals surface area contributed by atoms with Gasteiger partial charge in [0.25, 0.3) is 5.89 Å². The smallest absolute Gasteiger partial charge is 0.327 e. The van der Waals surface area contributed by atoms with Gasteiger partial charge in [-0.05, 0) is 39.0 Å². The first-order valence-electron chi connectivity index (χ1n) is 7.68. The summed E-state index contributed by atoms with van der Waals surface area (Å²) < 4.78 is 11.9. The van der Waals surface area contributed by atoms with Crippen LogP contribution in [0, 0.1) is 13.8 Å². The van der Waals surface area contributed by atoms with E-state index in [0.717, 1.165) is 16.8 Å². The third-order valence-electron chi connectivity index (χ3n) is 3.41. The molecule has 0 saturated carbocycles. The molecule has 0 fully saturated rings. The van der Waals surface area contributed by atoms with E-state index in [1.165, 1.54) is 4.68 Å². The number of hydrogen-bond donors (Lipinski definition) is 0. The van der Waals surface area contributed by atoms with Crippen molar-refractivity contribution in [1.82, 2.24) is 19.9 Å². The van der Waals surface area contributed by atoms with Gasteiger partial charge in [-0.25, -0.2) is 4.68 Å². The minimum Gasteiger partial charge on any atom is -0.465 e. The second-order valence-electron chi connectivity index (χ2n) is 5.43. The lowest BCUT2D eigenvalue weighted by atomic mass is 10.1. The third kappa shape index (κ3) is 3.34. The summed E-state index contributed by atoms with van der Waals surface area (Å²) in [5, 5.41) is 8.32. The van der Waals surface area contributed by atoms with Gasteiger partial charge in [-0.1, -0.05) is 22.9 Å². The topological polar surface area (TPSA) is 83.0 Å². The van der Waals surface area contributed by atoms with Gasteiger partial charge in [0.1, 0.15) is 12.2 Å². The van der Waals surface area contributed by atoms with Gasteiger partial charge in [-0.2, -0.15) is 10.1 Å². The van der Waals surface area contributed by atoms with Crippen molar-refractivity contribution in [2.24, 2.45) is 0 Å². The lowest BCUT2D eigenvalue weighted by Crippen LogP contribution is -2.15. The molecule has 2 heterocycles. The molecule has 0 bridgehead atoms. The zero-order valence-electron chi connectivity index (χ0n) is 13.8. The molecule has 0 saturated heterocycles. The highest BCUT2D eigenvalue weighted by Crippen LogP contribution is 2.23. The average Bonchev–Trinajstić information content (AvgIpc) is 3.14. The Morgan fingerprint density at radius 1 is 1.29 bits per heavy atom. The van der Waals surface area contributed by atoms with Crippen LogP contribution in [0.25, 0.3) is 23.0 Å². The van der Waals surface area contributed by atoms with E-state index >= 15 is 0 Å². The van der Waals surface area contributed by atoms with Crippen molar-refractivity contribution >= 4 is 5.97 Å². The quantitative estimate of drug-likeness (QED) is 0.670. The van der Waals surface area contributed by atoms with Crippen LogP contribution < -0.4 is 0 Å². The molecule has 3 aromatic rings. The third-order valence-corrected chi connectivity index (χ3v) is 3.41. The van der Waals surface area contributed by atoms with E-state index in [2.05, 4.69) is 15.2 Å². The number of aryl methyl sites for hydroxylation is 2. The Kier molecular flexibility index (Phi) is 4.41. The summed E-state index contributed by atoms with van der Waals surface area (Å²) in [7, 11) is 0. The van der Waals surface area contributed by atoms with Gasteiger partial charge in [0.15, 0.2) is 0 Å². The Bertz CT molecular complexity index is 866. The number of nitrogens with zero attached hydrogens (tertiary/aromatic N) is 4. The lowest BCUT2D eigenvalue weighted by Gasteiger charge is -2.04. The summed E-state index contributed by atoms with van der Waals surface area (Å²) in [6.45, 7) is 5.94. The highest BCUT2D eigenvalue weighted by Gasteiger charge is 2.18. The molecule has 0 aliphatic rings. The maximum absolute atomic E-state index is 11.7. The summed E-state index contributed by atoms with van der Waals surface area (Å²) in [4.78, 5) is 16.2. The number of carbonyl (C=O) groups is 1. The fourth-order valence-corrected chi connectivity index (χ4v) is 2.40. The van der Waals surface area contributed by atoms with Crippen molar-refractivity contribution in [1.29, 1.82) is 0 Å². The highest BCUT2D eigenvalue weighted by molar-refractivity contribution is 5.70. The van der Waals surface area contributed by atoms with Crippen molar-refractivity contribution in [3.63, 3.8) is 0 Å². The molecule has 3 rings (SSSR count). The maximum Gasteiger partial charge on any atom is 0.327 e. The highest BCUT2D eigenvalue weighted by atomic mass is 16.5. The van der Waals surface area contributed by atoms with Crippen molar-refractivity contribution < 1.29 is 14.1 Å². The molecule has 0 aliphatic carbocycles. The van der Waals surface area contributed by atoms with Crippen LogP contribution in [-0.2, 0) is 16.1 Å². The fraction of sp³-hybridized carbons (Fsp3) is 0.294. The van der Waals surface area contributed by atoms with Gasteiger partial charge in [-0.3, -0.25) is 4.79 Å². The Labute approximate surface area is 139 Å². The molecule has 124 valence electrons. The van der Waals surface area contributed by atoms with Crippen LogP contribution in [0.2, 0.25) is 0 Å². The molecular formula is C17H18N4O3. The fourth-order valence-electron chi connectivity index (χ4n) is 2.40. The predicted molar refractivity (Wildman–Crippen MR) is 87.1 cm³/mol. The van der Waals surface area contributed by atoms with Gasteiger partial charge in [0.2, 0.25) is 5.82 Å². The number of rotatable bonds is 5. The first-order chi connectivity index (χ1) is 11.6. The van der Waals surface area contributed by atoms with Crippen molar-refractivity contribution in [3.05, 3.63) is 41.6 Å². The summed E-state index contributed by atoms with van der Waals surface area (Å²) in [5.74, 6) is 0.455. The van der Waals surface area contributed by atoms with Crippen LogP contribution in [0.5, 0.6) is 0 Å². The van der Waals surface area contributed by atoms with E-state index in [-0.39, 0.29) is 12.5 Å². The molecule has 7 heteroatoms. The van der Waals surface area contributed by atoms with E-state index in [1.54, 1.807) is 6.92 Å². The van der Waals surface area contributed by atoms with E-state index in [0.29, 0.717) is 24.0 Å². The number of esters is 1. The first kappa shape index (κ1) is 15.9. The van der Waals surface area contributed by atoms with Crippen molar-refractivity contribution in [2.75, 3.05) is 6.61 Å². The zero-order valence-corrected chi connectivity index (χ0v) is 13.8. The Balaban J connectivity index is 1.91. The summed E-state index contributed by atoms with van der Waals surface area (Å²) >= 11 is 0. The molecule has 0 N–H and O–H groups in total. The van der Waals surface area contributed by atoms with E-state index < -0.39 is 0 Å². The van der Waals surface area contributed by atoms with Gasteiger partial charge in [0, 0.05) is 5.56 Å². The molecule has 24 heavy (non-hydrogen) atoms. The zero-order chi connectivity index (χ0) is 17.1.